The number of rotatable bonds is 5. The topological polar surface area (TPSA) is 95.7 Å². The summed E-state index contributed by atoms with van der Waals surface area (Å²) in [6.07, 6.45) is 3.44. The Kier molecular flexibility index (Phi) is 5.21. The van der Waals surface area contributed by atoms with Gasteiger partial charge in [-0.2, -0.15) is 5.10 Å². The summed E-state index contributed by atoms with van der Waals surface area (Å²) in [6.45, 7) is 3.56. The standard InChI is InChI=1S/C15H24N4O4S/c20-14(11-19-4-1-3-16-19)10-17-5-7-18(8-6-17)15(21)13-2-9-24(22,23)12-13/h1,3-4,13-14,20H,2,5-12H2/t13-,14-/m0/s1. The number of hydrogen-bond acceptors (Lipinski definition) is 6. The van der Waals surface area contributed by atoms with Gasteiger partial charge in [-0.1, -0.05) is 0 Å². The second kappa shape index (κ2) is 7.20. The van der Waals surface area contributed by atoms with Crippen LogP contribution in [0.4, 0.5) is 0 Å². The van der Waals surface area contributed by atoms with Gasteiger partial charge in [0.2, 0.25) is 5.91 Å². The Bertz CT molecular complexity index is 653. The molecule has 1 amide bonds. The van der Waals surface area contributed by atoms with Crippen LogP contribution < -0.4 is 0 Å². The van der Waals surface area contributed by atoms with Gasteiger partial charge in [0.15, 0.2) is 9.84 Å². The highest BCUT2D eigenvalue weighted by molar-refractivity contribution is 7.91. The minimum absolute atomic E-state index is 0.00533. The van der Waals surface area contributed by atoms with E-state index < -0.39 is 15.9 Å². The van der Waals surface area contributed by atoms with Crippen LogP contribution in [0.2, 0.25) is 0 Å². The monoisotopic (exact) mass is 356 g/mol. The highest BCUT2D eigenvalue weighted by Crippen LogP contribution is 2.21. The lowest BCUT2D eigenvalue weighted by atomic mass is 10.1. The van der Waals surface area contributed by atoms with Crippen LogP contribution in [0.15, 0.2) is 18.5 Å². The van der Waals surface area contributed by atoms with Crippen LogP contribution in [-0.4, -0.2) is 89.3 Å². The van der Waals surface area contributed by atoms with Crippen molar-refractivity contribution in [1.29, 1.82) is 0 Å². The molecule has 8 nitrogen and oxygen atoms in total. The van der Waals surface area contributed by atoms with Gasteiger partial charge < -0.3 is 10.0 Å². The van der Waals surface area contributed by atoms with E-state index in [1.807, 2.05) is 12.3 Å². The Morgan fingerprint density at radius 2 is 2.00 bits per heavy atom. The number of aliphatic hydroxyl groups is 1. The predicted octanol–water partition coefficient (Wildman–Crippen LogP) is -1.18. The zero-order valence-electron chi connectivity index (χ0n) is 13.6. The summed E-state index contributed by atoms with van der Waals surface area (Å²) in [5.74, 6) is -0.280. The average Bonchev–Trinajstić information content (AvgIpc) is 3.16. The summed E-state index contributed by atoms with van der Waals surface area (Å²) in [5.41, 5.74) is 0. The maximum Gasteiger partial charge on any atom is 0.226 e. The first-order valence-corrected chi connectivity index (χ1v) is 10.1. The third kappa shape index (κ3) is 4.34. The molecule has 0 bridgehead atoms. The average molecular weight is 356 g/mol. The molecule has 0 spiro atoms. The van der Waals surface area contributed by atoms with Crippen molar-refractivity contribution in [3.05, 3.63) is 18.5 Å². The quantitative estimate of drug-likeness (QED) is 0.714. The summed E-state index contributed by atoms with van der Waals surface area (Å²) >= 11 is 0. The SMILES string of the molecule is O=C([C@H]1CCS(=O)(=O)C1)N1CCN(C[C@H](O)Cn2cccn2)CC1. The number of nitrogens with zero attached hydrogens (tertiary/aromatic N) is 4. The van der Waals surface area contributed by atoms with Gasteiger partial charge in [0, 0.05) is 45.1 Å². The van der Waals surface area contributed by atoms with Gasteiger partial charge in [-0.15, -0.1) is 0 Å². The van der Waals surface area contributed by atoms with Crippen molar-refractivity contribution in [3.8, 4) is 0 Å². The van der Waals surface area contributed by atoms with Crippen molar-refractivity contribution >= 4 is 15.7 Å². The number of aromatic nitrogens is 2. The van der Waals surface area contributed by atoms with Crippen LogP contribution in [-0.2, 0) is 21.2 Å². The van der Waals surface area contributed by atoms with Crippen LogP contribution >= 0.6 is 0 Å². The van der Waals surface area contributed by atoms with Crippen molar-refractivity contribution in [1.82, 2.24) is 19.6 Å². The van der Waals surface area contributed by atoms with E-state index in [4.69, 9.17) is 0 Å². The molecule has 2 fully saturated rings. The van der Waals surface area contributed by atoms with E-state index >= 15 is 0 Å². The second-order valence-electron chi connectivity index (χ2n) is 6.61. The molecule has 3 heterocycles. The van der Waals surface area contributed by atoms with Crippen molar-refractivity contribution < 1.29 is 18.3 Å². The van der Waals surface area contributed by atoms with Gasteiger partial charge in [-0.05, 0) is 12.5 Å². The maximum atomic E-state index is 12.4. The molecule has 0 aliphatic carbocycles. The lowest BCUT2D eigenvalue weighted by molar-refractivity contribution is -0.136. The van der Waals surface area contributed by atoms with Gasteiger partial charge in [0.05, 0.1) is 30.1 Å². The maximum absolute atomic E-state index is 12.4. The minimum Gasteiger partial charge on any atom is -0.390 e. The van der Waals surface area contributed by atoms with Gasteiger partial charge >= 0.3 is 0 Å². The number of hydrogen-bond donors (Lipinski definition) is 1. The Morgan fingerprint density at radius 1 is 1.25 bits per heavy atom. The fraction of sp³-hybridized carbons (Fsp3) is 0.733. The molecule has 3 rings (SSSR count). The summed E-state index contributed by atoms with van der Waals surface area (Å²) in [5, 5.41) is 14.2. The largest absolute Gasteiger partial charge is 0.390 e. The zero-order valence-corrected chi connectivity index (χ0v) is 14.4. The highest BCUT2D eigenvalue weighted by atomic mass is 32.2. The van der Waals surface area contributed by atoms with Crippen molar-refractivity contribution in [2.45, 2.75) is 19.1 Å². The molecule has 9 heteroatoms. The van der Waals surface area contributed by atoms with Gasteiger partial charge in [-0.25, -0.2) is 8.42 Å². The van der Waals surface area contributed by atoms with Gasteiger partial charge in [0.1, 0.15) is 0 Å². The second-order valence-corrected chi connectivity index (χ2v) is 8.84. The molecule has 2 aliphatic heterocycles. The number of carbonyl (C=O) groups is 1. The fourth-order valence-electron chi connectivity index (χ4n) is 3.38. The molecule has 2 atom stereocenters. The van der Waals surface area contributed by atoms with E-state index in [1.165, 1.54) is 0 Å². The zero-order chi connectivity index (χ0) is 17.2. The van der Waals surface area contributed by atoms with Crippen LogP contribution in [0.1, 0.15) is 6.42 Å². The van der Waals surface area contributed by atoms with E-state index in [0.717, 1.165) is 0 Å². The molecule has 1 N–H and O–H groups in total. The van der Waals surface area contributed by atoms with E-state index in [2.05, 4.69) is 10.00 Å². The lowest BCUT2D eigenvalue weighted by Crippen LogP contribution is -2.52. The molecular weight excluding hydrogens is 332 g/mol. The molecule has 2 aliphatic rings. The summed E-state index contributed by atoms with van der Waals surface area (Å²) < 4.78 is 24.7. The molecule has 0 unspecified atom stereocenters. The van der Waals surface area contributed by atoms with Crippen LogP contribution in [0.3, 0.4) is 0 Å². The van der Waals surface area contributed by atoms with E-state index in [1.54, 1.807) is 15.8 Å². The van der Waals surface area contributed by atoms with Gasteiger partial charge in [0.25, 0.3) is 0 Å². The predicted molar refractivity (Wildman–Crippen MR) is 88.0 cm³/mol. The van der Waals surface area contributed by atoms with Crippen molar-refractivity contribution in [2.24, 2.45) is 5.92 Å². The molecule has 1 aromatic rings. The summed E-state index contributed by atoms with van der Waals surface area (Å²) in [7, 11) is -3.03. The molecule has 134 valence electrons. The molecule has 24 heavy (non-hydrogen) atoms. The number of β-amino-alcohol motifs (C(OH)–C–C–N with tert-alkyl or cyclic N) is 1. The smallest absolute Gasteiger partial charge is 0.226 e. The van der Waals surface area contributed by atoms with E-state index in [9.17, 15) is 18.3 Å². The number of aliphatic hydroxyl groups excluding tert-OH is 1. The number of amides is 1. The summed E-state index contributed by atoms with van der Waals surface area (Å²) in [6, 6.07) is 1.82. The van der Waals surface area contributed by atoms with Crippen LogP contribution in [0.5, 0.6) is 0 Å². The van der Waals surface area contributed by atoms with Crippen LogP contribution in [0.25, 0.3) is 0 Å². The van der Waals surface area contributed by atoms with Crippen molar-refractivity contribution in [3.63, 3.8) is 0 Å². The molecule has 1 aromatic heterocycles. The first-order chi connectivity index (χ1) is 11.4. The van der Waals surface area contributed by atoms with Crippen molar-refractivity contribution in [2.75, 3.05) is 44.2 Å². The number of carbonyl (C=O) groups excluding carboxylic acids is 1. The van der Waals surface area contributed by atoms with Crippen LogP contribution in [0, 0.1) is 5.92 Å². The normalized spacial score (nSPS) is 25.7. The van der Waals surface area contributed by atoms with E-state index in [-0.39, 0.29) is 23.3 Å². The molecule has 0 saturated carbocycles. The number of piperazine rings is 1. The Morgan fingerprint density at radius 3 is 2.58 bits per heavy atom. The Labute approximate surface area is 142 Å². The fourth-order valence-corrected chi connectivity index (χ4v) is 5.11. The van der Waals surface area contributed by atoms with E-state index in [0.29, 0.717) is 45.7 Å². The molecule has 0 radical (unpaired) electrons. The third-order valence-corrected chi connectivity index (χ3v) is 6.46. The number of sulfone groups is 1. The Hall–Kier alpha value is -1.45. The molecule has 2 saturated heterocycles. The highest BCUT2D eigenvalue weighted by Gasteiger charge is 2.36. The van der Waals surface area contributed by atoms with Gasteiger partial charge in [-0.3, -0.25) is 14.4 Å². The molecule has 0 aromatic carbocycles. The summed E-state index contributed by atoms with van der Waals surface area (Å²) in [4.78, 5) is 16.3. The third-order valence-electron chi connectivity index (χ3n) is 4.69. The minimum atomic E-state index is -3.03. The molecular formula is C15H24N4O4S. The lowest BCUT2D eigenvalue weighted by Gasteiger charge is -2.36. The Balaban J connectivity index is 1.43. The first kappa shape index (κ1) is 17.4. The first-order valence-electron chi connectivity index (χ1n) is 8.30.